The number of aromatic hydroxyl groups is 1. The van der Waals surface area contributed by atoms with E-state index in [-0.39, 0.29) is 5.75 Å². The summed E-state index contributed by atoms with van der Waals surface area (Å²) in [6, 6.07) is 5.07. The van der Waals surface area contributed by atoms with E-state index in [9.17, 15) is 5.11 Å². The molecule has 0 unspecified atom stereocenters. The molecule has 0 amide bonds. The summed E-state index contributed by atoms with van der Waals surface area (Å²) in [5.74, 6) is 1.29. The molecule has 0 radical (unpaired) electrons. The fraction of sp³-hybridized carbons (Fsp3) is 0.250. The van der Waals surface area contributed by atoms with Gasteiger partial charge in [-0.2, -0.15) is 0 Å². The predicted molar refractivity (Wildman–Crippen MR) is 70.8 cm³/mol. The van der Waals surface area contributed by atoms with Crippen LogP contribution in [0.2, 0.25) is 0 Å². The lowest BCUT2D eigenvalue weighted by Crippen LogP contribution is -1.91. The Morgan fingerprint density at radius 3 is 2.94 bits per heavy atom. The summed E-state index contributed by atoms with van der Waals surface area (Å²) in [4.78, 5) is 8.66. The summed E-state index contributed by atoms with van der Waals surface area (Å²) >= 11 is 1.33. The summed E-state index contributed by atoms with van der Waals surface area (Å²) in [7, 11) is 0. The van der Waals surface area contributed by atoms with Gasteiger partial charge in [-0.3, -0.25) is 0 Å². The van der Waals surface area contributed by atoms with Crippen molar-refractivity contribution in [1.82, 2.24) is 19.6 Å². The molecule has 3 rings (SSSR count). The lowest BCUT2D eigenvalue weighted by Gasteiger charge is -2.00. The Bertz CT molecular complexity index is 701. The Morgan fingerprint density at radius 2 is 2.17 bits per heavy atom. The van der Waals surface area contributed by atoms with Gasteiger partial charge in [0.2, 0.25) is 0 Å². The van der Waals surface area contributed by atoms with Gasteiger partial charge in [0.05, 0.1) is 16.7 Å². The van der Waals surface area contributed by atoms with Crippen molar-refractivity contribution < 1.29 is 5.11 Å². The minimum atomic E-state index is 0.226. The molecule has 92 valence electrons. The number of phenols is 1. The number of hydrogen-bond acceptors (Lipinski definition) is 5. The van der Waals surface area contributed by atoms with Crippen LogP contribution < -0.4 is 0 Å². The quantitative estimate of drug-likeness (QED) is 0.743. The molecule has 0 aliphatic carbocycles. The zero-order chi connectivity index (χ0) is 12.7. The van der Waals surface area contributed by atoms with Crippen LogP contribution in [0.4, 0.5) is 0 Å². The first-order valence-corrected chi connectivity index (χ1v) is 6.44. The van der Waals surface area contributed by atoms with Crippen molar-refractivity contribution >= 4 is 22.6 Å². The number of fused-ring (bicyclic) bond motifs is 1. The number of nitrogens with one attached hydrogen (secondary N) is 1. The number of aromatic amines is 1. The van der Waals surface area contributed by atoms with Crippen LogP contribution >= 0.6 is 11.5 Å². The van der Waals surface area contributed by atoms with Crippen molar-refractivity contribution in [3.8, 4) is 16.5 Å². The van der Waals surface area contributed by atoms with Crippen molar-refractivity contribution in [1.29, 1.82) is 0 Å². The van der Waals surface area contributed by atoms with Crippen LogP contribution in [0.1, 0.15) is 25.5 Å². The smallest absolute Gasteiger partial charge is 0.152 e. The molecule has 0 spiro atoms. The molecule has 0 saturated heterocycles. The van der Waals surface area contributed by atoms with E-state index in [0.29, 0.717) is 5.92 Å². The fourth-order valence-corrected chi connectivity index (χ4v) is 2.61. The lowest BCUT2D eigenvalue weighted by atomic mass is 10.1. The first-order chi connectivity index (χ1) is 8.65. The Morgan fingerprint density at radius 1 is 1.33 bits per heavy atom. The van der Waals surface area contributed by atoms with Gasteiger partial charge in [-0.15, -0.1) is 5.10 Å². The van der Waals surface area contributed by atoms with E-state index in [2.05, 4.69) is 33.4 Å². The van der Waals surface area contributed by atoms with Gasteiger partial charge >= 0.3 is 0 Å². The number of benzene rings is 1. The minimum absolute atomic E-state index is 0.226. The van der Waals surface area contributed by atoms with Crippen molar-refractivity contribution in [2.75, 3.05) is 0 Å². The fourth-order valence-electron chi connectivity index (χ4n) is 1.84. The summed E-state index contributed by atoms with van der Waals surface area (Å²) in [6.45, 7) is 4.16. The van der Waals surface area contributed by atoms with Gasteiger partial charge in [0.15, 0.2) is 5.82 Å². The zero-order valence-electron chi connectivity index (χ0n) is 10.0. The topological polar surface area (TPSA) is 74.7 Å². The maximum absolute atomic E-state index is 9.44. The molecule has 3 aromatic rings. The molecule has 6 heteroatoms. The molecule has 0 aliphatic heterocycles. The number of phenolic OH excluding ortho intramolecular Hbond substituents is 1. The largest absolute Gasteiger partial charge is 0.508 e. The van der Waals surface area contributed by atoms with Crippen molar-refractivity contribution in [2.24, 2.45) is 0 Å². The van der Waals surface area contributed by atoms with Gasteiger partial charge in [-0.05, 0) is 29.6 Å². The van der Waals surface area contributed by atoms with Crippen LogP contribution in [-0.2, 0) is 0 Å². The molecule has 0 saturated carbocycles. The molecule has 2 heterocycles. The van der Waals surface area contributed by atoms with Crippen molar-refractivity contribution in [3.63, 3.8) is 0 Å². The highest BCUT2D eigenvalue weighted by molar-refractivity contribution is 7.09. The van der Waals surface area contributed by atoms with E-state index in [1.807, 2.05) is 0 Å². The molecular weight excluding hydrogens is 248 g/mol. The van der Waals surface area contributed by atoms with Gasteiger partial charge in [0.25, 0.3) is 0 Å². The van der Waals surface area contributed by atoms with Crippen molar-refractivity contribution in [3.05, 3.63) is 23.9 Å². The average Bonchev–Trinajstić information content (AvgIpc) is 2.93. The first kappa shape index (κ1) is 11.2. The maximum Gasteiger partial charge on any atom is 0.152 e. The highest BCUT2D eigenvalue weighted by Gasteiger charge is 2.16. The highest BCUT2D eigenvalue weighted by Crippen LogP contribution is 2.30. The van der Waals surface area contributed by atoms with Crippen LogP contribution in [0.25, 0.3) is 21.7 Å². The number of aromatic nitrogens is 4. The zero-order valence-corrected chi connectivity index (χ0v) is 10.8. The van der Waals surface area contributed by atoms with Crippen LogP contribution in [0.5, 0.6) is 5.75 Å². The van der Waals surface area contributed by atoms with Gasteiger partial charge in [0, 0.05) is 6.07 Å². The molecule has 5 nitrogen and oxygen atoms in total. The van der Waals surface area contributed by atoms with Crippen LogP contribution in [0.3, 0.4) is 0 Å². The Labute approximate surface area is 108 Å². The monoisotopic (exact) mass is 260 g/mol. The third-order valence-electron chi connectivity index (χ3n) is 2.74. The van der Waals surface area contributed by atoms with Crippen LogP contribution in [-0.4, -0.2) is 24.7 Å². The molecule has 2 aromatic heterocycles. The van der Waals surface area contributed by atoms with Gasteiger partial charge in [0.1, 0.15) is 10.6 Å². The number of hydrogen-bond donors (Lipinski definition) is 2. The van der Waals surface area contributed by atoms with E-state index in [4.69, 9.17) is 0 Å². The summed E-state index contributed by atoms with van der Waals surface area (Å²) < 4.78 is 3.99. The predicted octanol–water partition coefficient (Wildman–Crippen LogP) is 2.91. The maximum atomic E-state index is 9.44. The standard InChI is InChI=1S/C12H12N4OS/c1-6(2)10-11(18-16-15-10)12-13-8-4-3-7(17)5-9(8)14-12/h3-6,17H,1-2H3,(H,13,14). The van der Waals surface area contributed by atoms with E-state index >= 15 is 0 Å². The van der Waals surface area contributed by atoms with E-state index in [0.717, 1.165) is 27.4 Å². The normalized spacial score (nSPS) is 11.5. The van der Waals surface area contributed by atoms with E-state index in [1.165, 1.54) is 11.5 Å². The van der Waals surface area contributed by atoms with Crippen LogP contribution in [0.15, 0.2) is 18.2 Å². The van der Waals surface area contributed by atoms with Gasteiger partial charge in [-0.1, -0.05) is 18.3 Å². The molecule has 2 N–H and O–H groups in total. The molecular formula is C12H12N4OS. The van der Waals surface area contributed by atoms with E-state index in [1.54, 1.807) is 18.2 Å². The molecule has 0 aliphatic rings. The second-order valence-electron chi connectivity index (χ2n) is 4.43. The second-order valence-corrected chi connectivity index (χ2v) is 5.18. The SMILES string of the molecule is CC(C)c1nnsc1-c1nc2ccc(O)cc2[nH]1. The number of imidazole rings is 1. The van der Waals surface area contributed by atoms with E-state index < -0.39 is 0 Å². The number of H-pyrrole nitrogens is 1. The van der Waals surface area contributed by atoms with Gasteiger partial charge < -0.3 is 10.1 Å². The second kappa shape index (κ2) is 4.06. The van der Waals surface area contributed by atoms with Gasteiger partial charge in [-0.25, -0.2) is 4.98 Å². The number of nitrogens with zero attached hydrogens (tertiary/aromatic N) is 3. The first-order valence-electron chi connectivity index (χ1n) is 5.66. The molecule has 18 heavy (non-hydrogen) atoms. The Hall–Kier alpha value is -1.95. The summed E-state index contributed by atoms with van der Waals surface area (Å²) in [5, 5.41) is 13.6. The number of rotatable bonds is 2. The third-order valence-corrected chi connectivity index (χ3v) is 3.49. The Kier molecular flexibility index (Phi) is 2.52. The third kappa shape index (κ3) is 1.74. The molecule has 0 atom stereocenters. The van der Waals surface area contributed by atoms with Crippen LogP contribution in [0, 0.1) is 0 Å². The minimum Gasteiger partial charge on any atom is -0.508 e. The van der Waals surface area contributed by atoms with Crippen molar-refractivity contribution in [2.45, 2.75) is 19.8 Å². The highest BCUT2D eigenvalue weighted by atomic mass is 32.1. The summed E-state index contributed by atoms with van der Waals surface area (Å²) in [6.07, 6.45) is 0. The Balaban J connectivity index is 2.16. The molecule has 1 aromatic carbocycles. The average molecular weight is 260 g/mol. The molecule has 0 fully saturated rings. The lowest BCUT2D eigenvalue weighted by molar-refractivity contribution is 0.476. The molecule has 0 bridgehead atoms. The summed E-state index contributed by atoms with van der Waals surface area (Å²) in [5.41, 5.74) is 2.59.